The Bertz CT molecular complexity index is 161. The summed E-state index contributed by atoms with van der Waals surface area (Å²) >= 11 is 0. The fourth-order valence-electron chi connectivity index (χ4n) is 1.30. The number of hydrogen-bond donors (Lipinski definition) is 0. The van der Waals surface area contributed by atoms with E-state index >= 15 is 0 Å². The van der Waals surface area contributed by atoms with Crippen molar-refractivity contribution in [3.8, 4) is 0 Å². The zero-order valence-electron chi connectivity index (χ0n) is 7.68. The summed E-state index contributed by atoms with van der Waals surface area (Å²) in [4.78, 5) is 13.4. The van der Waals surface area contributed by atoms with E-state index in [4.69, 9.17) is 0 Å². The van der Waals surface area contributed by atoms with Crippen LogP contribution in [0.3, 0.4) is 0 Å². The predicted octanol–water partition coefficient (Wildman–Crippen LogP) is 1.65. The molecule has 0 heterocycles. The van der Waals surface area contributed by atoms with Gasteiger partial charge in [0.25, 0.3) is 0 Å². The summed E-state index contributed by atoms with van der Waals surface area (Å²) < 4.78 is 0. The van der Waals surface area contributed by atoms with Gasteiger partial charge in [0.1, 0.15) is 0 Å². The Labute approximate surface area is 68.6 Å². The maximum Gasteiger partial charge on any atom is 0.228 e. The van der Waals surface area contributed by atoms with Gasteiger partial charge in [-0.05, 0) is 19.3 Å². The first-order valence-corrected chi connectivity index (χ1v) is 4.36. The van der Waals surface area contributed by atoms with Gasteiger partial charge in [0.05, 0.1) is 0 Å². The lowest BCUT2D eigenvalue weighted by atomic mass is 10.1. The Balaban J connectivity index is 2.40. The van der Waals surface area contributed by atoms with Crippen molar-refractivity contribution in [3.63, 3.8) is 0 Å². The molecule has 0 saturated heterocycles. The molecule has 0 unspecified atom stereocenters. The molecule has 11 heavy (non-hydrogen) atoms. The molecule has 64 valence electrons. The van der Waals surface area contributed by atoms with Crippen LogP contribution in [0.1, 0.15) is 33.1 Å². The van der Waals surface area contributed by atoms with Gasteiger partial charge in [-0.2, -0.15) is 0 Å². The van der Waals surface area contributed by atoms with Crippen molar-refractivity contribution in [1.82, 2.24) is 4.90 Å². The van der Waals surface area contributed by atoms with Crippen LogP contribution in [-0.4, -0.2) is 24.4 Å². The predicted molar refractivity (Wildman–Crippen MR) is 45.3 cm³/mol. The molecule has 2 heteroatoms. The van der Waals surface area contributed by atoms with Gasteiger partial charge in [-0.1, -0.05) is 13.8 Å². The molecule has 1 saturated carbocycles. The lowest BCUT2D eigenvalue weighted by Gasteiger charge is -2.19. The van der Waals surface area contributed by atoms with Crippen LogP contribution < -0.4 is 0 Å². The molecular weight excluding hydrogens is 138 g/mol. The molecule has 0 spiro atoms. The molecule has 0 atom stereocenters. The topological polar surface area (TPSA) is 20.3 Å². The lowest BCUT2D eigenvalue weighted by molar-refractivity contribution is -0.135. The molecule has 1 rings (SSSR count). The van der Waals surface area contributed by atoms with E-state index in [0.29, 0.717) is 5.91 Å². The molecule has 2 nitrogen and oxygen atoms in total. The van der Waals surface area contributed by atoms with Crippen molar-refractivity contribution in [3.05, 3.63) is 0 Å². The Morgan fingerprint density at radius 3 is 2.45 bits per heavy atom. The molecule has 1 amide bonds. The SMILES string of the molecule is CCCN(C)C(=O)C1(C)CC1. The molecule has 1 fully saturated rings. The van der Waals surface area contributed by atoms with Crippen LogP contribution in [0.2, 0.25) is 0 Å². The second-order valence-corrected chi connectivity index (χ2v) is 3.79. The van der Waals surface area contributed by atoms with Gasteiger partial charge in [0.15, 0.2) is 0 Å². The van der Waals surface area contributed by atoms with Crippen LogP contribution in [0, 0.1) is 5.41 Å². The summed E-state index contributed by atoms with van der Waals surface area (Å²) in [5.41, 5.74) is 0.0178. The van der Waals surface area contributed by atoms with Crippen molar-refractivity contribution < 1.29 is 4.79 Å². The zero-order valence-corrected chi connectivity index (χ0v) is 7.68. The third-order valence-electron chi connectivity index (χ3n) is 2.42. The fraction of sp³-hybridized carbons (Fsp3) is 0.889. The van der Waals surface area contributed by atoms with E-state index in [9.17, 15) is 4.79 Å². The van der Waals surface area contributed by atoms with Gasteiger partial charge in [-0.3, -0.25) is 4.79 Å². The molecule has 1 aliphatic carbocycles. The van der Waals surface area contributed by atoms with Gasteiger partial charge in [0.2, 0.25) is 5.91 Å². The third kappa shape index (κ3) is 1.73. The van der Waals surface area contributed by atoms with E-state index in [2.05, 4.69) is 13.8 Å². The molecule has 0 aromatic carbocycles. The molecule has 0 bridgehead atoms. The number of hydrogen-bond acceptors (Lipinski definition) is 1. The van der Waals surface area contributed by atoms with Gasteiger partial charge in [-0.25, -0.2) is 0 Å². The first-order valence-electron chi connectivity index (χ1n) is 4.36. The minimum Gasteiger partial charge on any atom is -0.345 e. The normalized spacial score (nSPS) is 19.5. The van der Waals surface area contributed by atoms with Crippen LogP contribution in [0.25, 0.3) is 0 Å². The first kappa shape index (κ1) is 8.57. The summed E-state index contributed by atoms with van der Waals surface area (Å²) in [6.07, 6.45) is 3.22. The highest BCUT2D eigenvalue weighted by Crippen LogP contribution is 2.46. The number of nitrogens with zero attached hydrogens (tertiary/aromatic N) is 1. The molecule has 1 aliphatic rings. The summed E-state index contributed by atoms with van der Waals surface area (Å²) in [5, 5.41) is 0. The minimum atomic E-state index is 0.0178. The van der Waals surface area contributed by atoms with Crippen LogP contribution in [0.4, 0.5) is 0 Å². The van der Waals surface area contributed by atoms with E-state index in [1.54, 1.807) is 0 Å². The Kier molecular flexibility index (Phi) is 2.21. The highest BCUT2D eigenvalue weighted by molar-refractivity contribution is 5.84. The largest absolute Gasteiger partial charge is 0.345 e. The smallest absolute Gasteiger partial charge is 0.228 e. The second-order valence-electron chi connectivity index (χ2n) is 3.79. The molecule has 0 radical (unpaired) electrons. The number of carbonyl (C=O) groups is 1. The maximum atomic E-state index is 11.5. The van der Waals surface area contributed by atoms with Crippen molar-refractivity contribution in [2.75, 3.05) is 13.6 Å². The highest BCUT2D eigenvalue weighted by Gasteiger charge is 2.46. The summed E-state index contributed by atoms with van der Waals surface area (Å²) in [5.74, 6) is 0.333. The average molecular weight is 155 g/mol. The van der Waals surface area contributed by atoms with Crippen LogP contribution in [-0.2, 0) is 4.79 Å². The maximum absolute atomic E-state index is 11.5. The van der Waals surface area contributed by atoms with Gasteiger partial charge < -0.3 is 4.90 Å². The van der Waals surface area contributed by atoms with E-state index < -0.39 is 0 Å². The first-order chi connectivity index (χ1) is 5.10. The van der Waals surface area contributed by atoms with E-state index in [0.717, 1.165) is 25.8 Å². The number of amides is 1. The van der Waals surface area contributed by atoms with Crippen molar-refractivity contribution in [1.29, 1.82) is 0 Å². The summed E-state index contributed by atoms with van der Waals surface area (Å²) in [6, 6.07) is 0. The Hall–Kier alpha value is -0.530. The van der Waals surface area contributed by atoms with E-state index in [1.165, 1.54) is 0 Å². The number of rotatable bonds is 3. The van der Waals surface area contributed by atoms with E-state index in [1.807, 2.05) is 11.9 Å². The Morgan fingerprint density at radius 1 is 1.55 bits per heavy atom. The second kappa shape index (κ2) is 2.84. The molecule has 0 aliphatic heterocycles. The fourth-order valence-corrected chi connectivity index (χ4v) is 1.30. The lowest BCUT2D eigenvalue weighted by Crippen LogP contribution is -2.33. The van der Waals surface area contributed by atoms with Crippen molar-refractivity contribution >= 4 is 5.91 Å². The molecule has 0 aromatic heterocycles. The van der Waals surface area contributed by atoms with E-state index in [-0.39, 0.29) is 5.41 Å². The van der Waals surface area contributed by atoms with Crippen molar-refractivity contribution in [2.24, 2.45) is 5.41 Å². The van der Waals surface area contributed by atoms with Crippen molar-refractivity contribution in [2.45, 2.75) is 33.1 Å². The standard InChI is InChI=1S/C9H17NO/c1-4-7-10(3)8(11)9(2)5-6-9/h4-7H2,1-3H3. The van der Waals surface area contributed by atoms with Crippen LogP contribution >= 0.6 is 0 Å². The highest BCUT2D eigenvalue weighted by atomic mass is 16.2. The Morgan fingerprint density at radius 2 is 2.09 bits per heavy atom. The summed E-state index contributed by atoms with van der Waals surface area (Å²) in [6.45, 7) is 5.05. The van der Waals surface area contributed by atoms with Crippen LogP contribution in [0.5, 0.6) is 0 Å². The van der Waals surface area contributed by atoms with Crippen LogP contribution in [0.15, 0.2) is 0 Å². The number of carbonyl (C=O) groups excluding carboxylic acids is 1. The minimum absolute atomic E-state index is 0.0178. The third-order valence-corrected chi connectivity index (χ3v) is 2.42. The summed E-state index contributed by atoms with van der Waals surface area (Å²) in [7, 11) is 1.90. The quantitative estimate of drug-likeness (QED) is 0.607. The average Bonchev–Trinajstić information content (AvgIpc) is 2.68. The molecule has 0 aromatic rings. The monoisotopic (exact) mass is 155 g/mol. The zero-order chi connectivity index (χ0) is 8.48. The molecular formula is C9H17NO. The molecule has 0 N–H and O–H groups in total. The van der Waals surface area contributed by atoms with Gasteiger partial charge in [-0.15, -0.1) is 0 Å². The van der Waals surface area contributed by atoms with Gasteiger partial charge in [0, 0.05) is 19.0 Å². The van der Waals surface area contributed by atoms with Gasteiger partial charge >= 0.3 is 0 Å².